The van der Waals surface area contributed by atoms with E-state index in [2.05, 4.69) is 10.0 Å². The molecule has 0 aromatic carbocycles. The highest BCUT2D eigenvalue weighted by Gasteiger charge is 2.49. The molecule has 2 aliphatic rings. The zero-order valence-electron chi connectivity index (χ0n) is 12.9. The summed E-state index contributed by atoms with van der Waals surface area (Å²) in [6.07, 6.45) is -13.9. The lowest BCUT2D eigenvalue weighted by molar-refractivity contribution is -0.361. The van der Waals surface area contributed by atoms with Crippen LogP contribution in [0.15, 0.2) is 5.11 Å². The number of aliphatic hydroxyl groups is 7. The summed E-state index contributed by atoms with van der Waals surface area (Å²) in [6.45, 7) is -1.37. The Labute approximate surface area is 141 Å². The van der Waals surface area contributed by atoms with Crippen LogP contribution in [0.4, 0.5) is 0 Å². The minimum atomic E-state index is -1.75. The van der Waals surface area contributed by atoms with Crippen LogP contribution in [-0.4, -0.2) is 110 Å². The molecule has 0 bridgehead atoms. The van der Waals surface area contributed by atoms with Crippen molar-refractivity contribution in [3.63, 3.8) is 0 Å². The number of ether oxygens (including phenoxy) is 3. The fourth-order valence-corrected chi connectivity index (χ4v) is 2.67. The van der Waals surface area contributed by atoms with Crippen molar-refractivity contribution in [1.82, 2.24) is 0 Å². The maximum atomic E-state index is 10.0. The van der Waals surface area contributed by atoms with Crippen LogP contribution in [0.3, 0.4) is 0 Å². The van der Waals surface area contributed by atoms with Crippen molar-refractivity contribution in [1.29, 1.82) is 0 Å². The smallest absolute Gasteiger partial charge is 0.189 e. The highest BCUT2D eigenvalue weighted by Crippen LogP contribution is 2.29. The Morgan fingerprint density at radius 1 is 0.800 bits per heavy atom. The Kier molecular flexibility index (Phi) is 6.90. The molecule has 0 aliphatic carbocycles. The molecular weight excluding hydrogens is 346 g/mol. The monoisotopic (exact) mass is 367 g/mol. The first-order valence-electron chi connectivity index (χ1n) is 7.48. The summed E-state index contributed by atoms with van der Waals surface area (Å²) in [5.41, 5.74) is 8.60. The van der Waals surface area contributed by atoms with Crippen molar-refractivity contribution >= 4 is 0 Å². The van der Waals surface area contributed by atoms with E-state index in [4.69, 9.17) is 24.8 Å². The van der Waals surface area contributed by atoms with E-state index in [1.54, 1.807) is 0 Å². The van der Waals surface area contributed by atoms with Crippen LogP contribution in [0.5, 0.6) is 0 Å². The average Bonchev–Trinajstić information content (AvgIpc) is 2.61. The van der Waals surface area contributed by atoms with Crippen LogP contribution in [0, 0.1) is 0 Å². The third kappa shape index (κ3) is 4.02. The number of rotatable bonds is 5. The van der Waals surface area contributed by atoms with Gasteiger partial charge < -0.3 is 50.0 Å². The van der Waals surface area contributed by atoms with E-state index >= 15 is 0 Å². The Hall–Kier alpha value is -1.09. The summed E-state index contributed by atoms with van der Waals surface area (Å²) in [7, 11) is 0. The van der Waals surface area contributed by atoms with Gasteiger partial charge in [-0.15, -0.1) is 0 Å². The fraction of sp³-hybridized carbons (Fsp3) is 1.00. The second-order valence-corrected chi connectivity index (χ2v) is 5.74. The van der Waals surface area contributed by atoms with Crippen molar-refractivity contribution in [2.45, 2.75) is 61.3 Å². The lowest BCUT2D eigenvalue weighted by Crippen LogP contribution is -2.63. The Morgan fingerprint density at radius 2 is 1.32 bits per heavy atom. The van der Waals surface area contributed by atoms with E-state index in [1.165, 1.54) is 0 Å². The molecule has 0 aromatic rings. The van der Waals surface area contributed by atoms with E-state index in [9.17, 15) is 30.6 Å². The summed E-state index contributed by atoms with van der Waals surface area (Å²) in [5, 5.41) is 70.8. The molecule has 0 aromatic heterocycles. The summed E-state index contributed by atoms with van der Waals surface area (Å²) in [6, 6.07) is -1.45. The summed E-state index contributed by atoms with van der Waals surface area (Å²) in [5.74, 6) is 0. The molecule has 10 atom stereocenters. The first-order valence-corrected chi connectivity index (χ1v) is 7.48. The fourth-order valence-electron chi connectivity index (χ4n) is 2.67. The van der Waals surface area contributed by atoms with Crippen molar-refractivity contribution < 1.29 is 50.0 Å². The predicted octanol–water partition coefficient (Wildman–Crippen LogP) is -4.08. The maximum absolute atomic E-state index is 10.0. The SMILES string of the molecule is [N-]=[N+]=N[C@@H]1C(O)[C@H](O)C(CO)O[C@@H]1O[C@H]1OC(CO)[C@@H](O)[C@H](O)C1O. The van der Waals surface area contributed by atoms with Gasteiger partial charge in [0, 0.05) is 4.91 Å². The lowest BCUT2D eigenvalue weighted by atomic mass is 9.97. The molecule has 0 amide bonds. The lowest BCUT2D eigenvalue weighted by Gasteiger charge is -2.44. The molecule has 13 heteroatoms. The average molecular weight is 367 g/mol. The summed E-state index contributed by atoms with van der Waals surface area (Å²) in [4.78, 5) is 2.51. The van der Waals surface area contributed by atoms with E-state index < -0.39 is 74.6 Å². The second kappa shape index (κ2) is 8.53. The number of nitrogens with zero attached hydrogens (tertiary/aromatic N) is 3. The highest BCUT2D eigenvalue weighted by atomic mass is 16.8. The molecule has 4 unspecified atom stereocenters. The van der Waals surface area contributed by atoms with Crippen LogP contribution in [-0.2, 0) is 14.2 Å². The van der Waals surface area contributed by atoms with Gasteiger partial charge in [0.15, 0.2) is 12.6 Å². The molecule has 2 heterocycles. The number of hydrogen-bond donors (Lipinski definition) is 7. The Balaban J connectivity index is 2.18. The number of hydrogen-bond acceptors (Lipinski definition) is 11. The van der Waals surface area contributed by atoms with Gasteiger partial charge in [-0.1, -0.05) is 5.11 Å². The van der Waals surface area contributed by atoms with Crippen molar-refractivity contribution in [3.05, 3.63) is 10.4 Å². The molecule has 2 rings (SSSR count). The Bertz CT molecular complexity index is 490. The molecular formula is C12H21N3O10. The van der Waals surface area contributed by atoms with Gasteiger partial charge in [-0.2, -0.15) is 0 Å². The highest BCUT2D eigenvalue weighted by molar-refractivity contribution is 4.95. The molecule has 0 saturated carbocycles. The predicted molar refractivity (Wildman–Crippen MR) is 75.5 cm³/mol. The van der Waals surface area contributed by atoms with Crippen LogP contribution >= 0.6 is 0 Å². The maximum Gasteiger partial charge on any atom is 0.189 e. The van der Waals surface area contributed by atoms with Crippen LogP contribution < -0.4 is 0 Å². The van der Waals surface area contributed by atoms with Gasteiger partial charge in [-0.05, 0) is 5.53 Å². The van der Waals surface area contributed by atoms with Gasteiger partial charge in [0.1, 0.15) is 42.7 Å². The van der Waals surface area contributed by atoms with Gasteiger partial charge in [0.25, 0.3) is 0 Å². The third-order valence-electron chi connectivity index (χ3n) is 4.15. The van der Waals surface area contributed by atoms with Gasteiger partial charge in [0.05, 0.1) is 19.3 Å². The topological polar surface area (TPSA) is 218 Å². The van der Waals surface area contributed by atoms with E-state index in [-0.39, 0.29) is 0 Å². The first-order chi connectivity index (χ1) is 11.8. The first kappa shape index (κ1) is 20.2. The standard InChI is InChI=1S/C12H21N3O10/c13-15-14-5-8(20)6(18)3(1-16)23-11(5)25-12-10(22)9(21)7(19)4(2-17)24-12/h3-12,16-22H,1-2H2/t3?,4?,5-,6-,7-,8?,9+,10?,11-,12-/m1/s1. The van der Waals surface area contributed by atoms with E-state index in [0.717, 1.165) is 0 Å². The molecule has 2 saturated heterocycles. The van der Waals surface area contributed by atoms with E-state index in [1.807, 2.05) is 0 Å². The van der Waals surface area contributed by atoms with Crippen LogP contribution in [0.1, 0.15) is 0 Å². The molecule has 2 fully saturated rings. The normalized spacial score (nSPS) is 48.0. The molecule has 2 aliphatic heterocycles. The molecule has 13 nitrogen and oxygen atoms in total. The quantitative estimate of drug-likeness (QED) is 0.141. The minimum absolute atomic E-state index is 0.684. The van der Waals surface area contributed by atoms with E-state index in [0.29, 0.717) is 0 Å². The Morgan fingerprint density at radius 3 is 1.84 bits per heavy atom. The third-order valence-corrected chi connectivity index (χ3v) is 4.15. The van der Waals surface area contributed by atoms with Gasteiger partial charge in [-0.25, -0.2) is 0 Å². The molecule has 0 radical (unpaired) electrons. The molecule has 25 heavy (non-hydrogen) atoms. The van der Waals surface area contributed by atoms with Crippen molar-refractivity contribution in [2.75, 3.05) is 13.2 Å². The van der Waals surface area contributed by atoms with Crippen molar-refractivity contribution in [2.24, 2.45) is 5.11 Å². The van der Waals surface area contributed by atoms with Gasteiger partial charge in [0.2, 0.25) is 0 Å². The van der Waals surface area contributed by atoms with Crippen LogP contribution in [0.2, 0.25) is 0 Å². The van der Waals surface area contributed by atoms with Gasteiger partial charge in [-0.3, -0.25) is 0 Å². The van der Waals surface area contributed by atoms with Crippen molar-refractivity contribution in [3.8, 4) is 0 Å². The van der Waals surface area contributed by atoms with Crippen LogP contribution in [0.25, 0.3) is 10.4 Å². The largest absolute Gasteiger partial charge is 0.394 e. The summed E-state index contributed by atoms with van der Waals surface area (Å²) >= 11 is 0. The zero-order valence-corrected chi connectivity index (χ0v) is 12.9. The number of aliphatic hydroxyl groups excluding tert-OH is 7. The zero-order chi connectivity index (χ0) is 18.7. The minimum Gasteiger partial charge on any atom is -0.394 e. The molecule has 0 spiro atoms. The number of azide groups is 1. The second-order valence-electron chi connectivity index (χ2n) is 5.74. The summed E-state index contributed by atoms with van der Waals surface area (Å²) < 4.78 is 15.6. The molecule has 7 N–H and O–H groups in total. The molecule has 144 valence electrons. The van der Waals surface area contributed by atoms with Gasteiger partial charge >= 0.3 is 0 Å².